The predicted molar refractivity (Wildman–Crippen MR) is 85.4 cm³/mol. The van der Waals surface area contributed by atoms with Gasteiger partial charge in [0.1, 0.15) is 0 Å². The second-order valence-electron chi connectivity index (χ2n) is 5.76. The molecule has 2 atom stereocenters. The molecule has 0 unspecified atom stereocenters. The van der Waals surface area contributed by atoms with E-state index in [1.807, 2.05) is 6.92 Å². The van der Waals surface area contributed by atoms with Gasteiger partial charge in [0, 0.05) is 12.7 Å². The maximum Gasteiger partial charge on any atom is 0.432 e. The fraction of sp³-hybridized carbons (Fsp3) is 0.500. The van der Waals surface area contributed by atoms with Crippen LogP contribution in [-0.4, -0.2) is 25.9 Å². The van der Waals surface area contributed by atoms with Crippen LogP contribution in [0.5, 0.6) is 0 Å². The Balaban J connectivity index is 3.00. The van der Waals surface area contributed by atoms with Crippen LogP contribution in [0, 0.1) is 5.92 Å². The first kappa shape index (κ1) is 20.2. The molecule has 0 aliphatic heterocycles. The number of hydrogen-bond donors (Lipinski definition) is 0. The van der Waals surface area contributed by atoms with Crippen LogP contribution in [0.3, 0.4) is 0 Å². The topological polar surface area (TPSA) is 35.5 Å². The van der Waals surface area contributed by atoms with Gasteiger partial charge in [-0.1, -0.05) is 56.3 Å². The lowest BCUT2D eigenvalue weighted by Gasteiger charge is -2.32. The van der Waals surface area contributed by atoms with Gasteiger partial charge < -0.3 is 9.47 Å². The van der Waals surface area contributed by atoms with Gasteiger partial charge in [-0.2, -0.15) is 13.2 Å². The van der Waals surface area contributed by atoms with Crippen molar-refractivity contribution < 1.29 is 27.4 Å². The van der Waals surface area contributed by atoms with Gasteiger partial charge in [-0.05, 0) is 18.8 Å². The van der Waals surface area contributed by atoms with Crippen LogP contribution in [0.15, 0.2) is 42.5 Å². The Hall–Kier alpha value is -1.82. The van der Waals surface area contributed by atoms with E-state index in [0.717, 1.165) is 19.1 Å². The largest absolute Gasteiger partial charge is 0.463 e. The molecule has 0 fully saturated rings. The van der Waals surface area contributed by atoms with E-state index in [1.165, 1.54) is 24.3 Å². The minimum absolute atomic E-state index is 0.125. The maximum absolute atomic E-state index is 13.7. The molecule has 0 bridgehead atoms. The van der Waals surface area contributed by atoms with Crippen LogP contribution in [0.4, 0.5) is 13.2 Å². The van der Waals surface area contributed by atoms with E-state index in [4.69, 9.17) is 4.74 Å². The summed E-state index contributed by atoms with van der Waals surface area (Å²) in [5.74, 6) is -1.59. The Kier molecular flexibility index (Phi) is 7.02. The van der Waals surface area contributed by atoms with Crippen LogP contribution in [-0.2, 0) is 19.9 Å². The molecule has 0 saturated carbocycles. The van der Waals surface area contributed by atoms with Crippen molar-refractivity contribution in [3.8, 4) is 0 Å². The molecule has 0 amide bonds. The van der Waals surface area contributed by atoms with Crippen LogP contribution in [0.2, 0.25) is 0 Å². The lowest BCUT2D eigenvalue weighted by Crippen LogP contribution is -2.52. The molecule has 1 aromatic carbocycles. The third-order valence-corrected chi connectivity index (χ3v) is 3.81. The number of allylic oxidation sites excluding steroid dienone is 1. The quantitative estimate of drug-likeness (QED) is 0.510. The van der Waals surface area contributed by atoms with Crippen LogP contribution < -0.4 is 0 Å². The predicted octanol–water partition coefficient (Wildman–Crippen LogP) is 4.63. The van der Waals surface area contributed by atoms with Gasteiger partial charge in [0.2, 0.25) is 0 Å². The Morgan fingerprint density at radius 3 is 2.29 bits per heavy atom. The number of alkyl halides is 3. The average molecular weight is 344 g/mol. The number of esters is 1. The molecule has 1 rings (SSSR count). The molecule has 3 nitrogen and oxygen atoms in total. The standard InChI is InChI=1S/C18H23F3O3/c1-5-13(2)11-14(3)12-24-16(22)17(23-4,18(19,20)21)15-9-7-6-8-10-15/h6-10,14H,2,5,11-12H2,1,3-4H3/t14-,17-/m0/s1. The summed E-state index contributed by atoms with van der Waals surface area (Å²) in [6.07, 6.45) is -3.59. The van der Waals surface area contributed by atoms with Crippen molar-refractivity contribution in [1.82, 2.24) is 0 Å². The molecule has 1 aromatic rings. The number of halogens is 3. The molecule has 134 valence electrons. The fourth-order valence-corrected chi connectivity index (χ4v) is 2.40. The summed E-state index contributed by atoms with van der Waals surface area (Å²) in [5.41, 5.74) is -2.48. The summed E-state index contributed by atoms with van der Waals surface area (Å²) < 4.78 is 50.6. The summed E-state index contributed by atoms with van der Waals surface area (Å²) in [6, 6.07) is 6.78. The number of carbonyl (C=O) groups is 1. The van der Waals surface area contributed by atoms with Crippen molar-refractivity contribution in [3.05, 3.63) is 48.0 Å². The van der Waals surface area contributed by atoms with Gasteiger partial charge in [0.15, 0.2) is 0 Å². The van der Waals surface area contributed by atoms with Crippen molar-refractivity contribution in [3.63, 3.8) is 0 Å². The first-order valence-electron chi connectivity index (χ1n) is 7.70. The summed E-state index contributed by atoms with van der Waals surface area (Å²) >= 11 is 0. The number of ether oxygens (including phenoxy) is 2. The first-order valence-corrected chi connectivity index (χ1v) is 7.70. The van der Waals surface area contributed by atoms with Gasteiger partial charge in [-0.3, -0.25) is 0 Å². The van der Waals surface area contributed by atoms with E-state index in [1.54, 1.807) is 13.0 Å². The maximum atomic E-state index is 13.7. The molecule has 0 N–H and O–H groups in total. The third-order valence-electron chi connectivity index (χ3n) is 3.81. The molecule has 0 aliphatic carbocycles. The highest BCUT2D eigenvalue weighted by Gasteiger charge is 2.64. The number of rotatable bonds is 8. The zero-order chi connectivity index (χ0) is 18.4. The summed E-state index contributed by atoms with van der Waals surface area (Å²) in [5, 5.41) is 0. The van der Waals surface area contributed by atoms with E-state index in [-0.39, 0.29) is 18.1 Å². The highest BCUT2D eigenvalue weighted by Crippen LogP contribution is 2.43. The zero-order valence-electron chi connectivity index (χ0n) is 14.2. The minimum Gasteiger partial charge on any atom is -0.463 e. The van der Waals surface area contributed by atoms with Crippen LogP contribution >= 0.6 is 0 Å². The second kappa shape index (κ2) is 8.33. The van der Waals surface area contributed by atoms with E-state index in [2.05, 4.69) is 11.3 Å². The summed E-state index contributed by atoms with van der Waals surface area (Å²) in [6.45, 7) is 7.44. The Morgan fingerprint density at radius 1 is 1.25 bits per heavy atom. The van der Waals surface area contributed by atoms with Gasteiger partial charge >= 0.3 is 12.1 Å². The molecule has 24 heavy (non-hydrogen) atoms. The number of benzene rings is 1. The van der Waals surface area contributed by atoms with Crippen molar-refractivity contribution in [2.45, 2.75) is 38.5 Å². The molecular weight excluding hydrogens is 321 g/mol. The van der Waals surface area contributed by atoms with Crippen molar-refractivity contribution in [2.24, 2.45) is 5.92 Å². The van der Waals surface area contributed by atoms with Gasteiger partial charge in [0.25, 0.3) is 5.60 Å². The molecule has 0 radical (unpaired) electrons. The number of hydrogen-bond acceptors (Lipinski definition) is 3. The monoisotopic (exact) mass is 344 g/mol. The first-order chi connectivity index (χ1) is 11.2. The van der Waals surface area contributed by atoms with Crippen LogP contribution in [0.25, 0.3) is 0 Å². The summed E-state index contributed by atoms with van der Waals surface area (Å²) in [7, 11) is 0.851. The van der Waals surface area contributed by atoms with Crippen molar-refractivity contribution in [1.29, 1.82) is 0 Å². The Bertz CT molecular complexity index is 554. The van der Waals surface area contributed by atoms with Gasteiger partial charge in [0.05, 0.1) is 6.61 Å². The highest BCUT2D eigenvalue weighted by atomic mass is 19.4. The van der Waals surface area contributed by atoms with Crippen LogP contribution in [0.1, 0.15) is 32.3 Å². The summed E-state index contributed by atoms with van der Waals surface area (Å²) in [4.78, 5) is 12.3. The normalized spacial score (nSPS) is 15.4. The van der Waals surface area contributed by atoms with E-state index < -0.39 is 17.7 Å². The van der Waals surface area contributed by atoms with E-state index in [0.29, 0.717) is 6.42 Å². The Morgan fingerprint density at radius 2 is 1.83 bits per heavy atom. The third kappa shape index (κ3) is 4.38. The SMILES string of the molecule is C=C(CC)C[C@H](C)COC(=O)[C@@](OC)(c1ccccc1)C(F)(F)F. The van der Waals surface area contributed by atoms with E-state index in [9.17, 15) is 18.0 Å². The minimum atomic E-state index is -4.95. The lowest BCUT2D eigenvalue weighted by atomic mass is 9.92. The Labute approximate surface area is 140 Å². The van der Waals surface area contributed by atoms with E-state index >= 15 is 0 Å². The van der Waals surface area contributed by atoms with Gasteiger partial charge in [-0.25, -0.2) is 4.79 Å². The molecule has 0 aromatic heterocycles. The smallest absolute Gasteiger partial charge is 0.432 e. The number of methoxy groups -OCH3 is 1. The van der Waals surface area contributed by atoms with Crippen molar-refractivity contribution in [2.75, 3.05) is 13.7 Å². The average Bonchev–Trinajstić information content (AvgIpc) is 2.53. The molecule has 0 heterocycles. The van der Waals surface area contributed by atoms with Gasteiger partial charge in [-0.15, -0.1) is 0 Å². The molecule has 0 saturated heterocycles. The zero-order valence-corrected chi connectivity index (χ0v) is 14.2. The lowest BCUT2D eigenvalue weighted by molar-refractivity contribution is -0.276. The highest BCUT2D eigenvalue weighted by molar-refractivity contribution is 5.82. The molecule has 6 heteroatoms. The molecular formula is C18H23F3O3. The van der Waals surface area contributed by atoms with Crippen molar-refractivity contribution >= 4 is 5.97 Å². The fourth-order valence-electron chi connectivity index (χ4n) is 2.40. The molecule has 0 aliphatic rings. The second-order valence-corrected chi connectivity index (χ2v) is 5.76. The molecule has 0 spiro atoms. The number of carbonyl (C=O) groups excluding carboxylic acids is 1.